The summed E-state index contributed by atoms with van der Waals surface area (Å²) in [6.07, 6.45) is 5.56. The second kappa shape index (κ2) is 7.65. The van der Waals surface area contributed by atoms with Gasteiger partial charge in [0.2, 0.25) is 0 Å². The zero-order chi connectivity index (χ0) is 19.8. The van der Waals surface area contributed by atoms with Crippen LogP contribution >= 0.6 is 0 Å². The molecule has 1 saturated heterocycles. The van der Waals surface area contributed by atoms with E-state index in [1.54, 1.807) is 24.3 Å². The molecule has 5 nitrogen and oxygen atoms in total. The highest BCUT2D eigenvalue weighted by Gasteiger charge is 2.42. The zero-order valence-electron chi connectivity index (χ0n) is 16.3. The number of fused-ring (bicyclic) bond motifs is 2. The standard InChI is InChI=1S/C24H26N2O3/c27-20-6-4-16(5-7-20)23(28)15-26-13-18-10-21(11-19(18)14-26)29-24-3-1-2-17-12-25-9-8-22(17)24/h1-9,12,18-19,21,23,27-28H,10-11,13-15H2/t18-,19+,21+,23?. The molecule has 2 N–H and O–H groups in total. The molecule has 1 aromatic heterocycles. The van der Waals surface area contributed by atoms with E-state index >= 15 is 0 Å². The molecule has 1 unspecified atom stereocenters. The summed E-state index contributed by atoms with van der Waals surface area (Å²) < 4.78 is 6.40. The number of likely N-dealkylation sites (tertiary alicyclic amines) is 1. The van der Waals surface area contributed by atoms with Crippen molar-refractivity contribution in [1.29, 1.82) is 0 Å². The lowest BCUT2D eigenvalue weighted by Gasteiger charge is -2.23. The summed E-state index contributed by atoms with van der Waals surface area (Å²) in [5.74, 6) is 2.44. The summed E-state index contributed by atoms with van der Waals surface area (Å²) in [5, 5.41) is 22.2. The number of aliphatic hydroxyl groups excluding tert-OH is 1. The Balaban J connectivity index is 1.18. The summed E-state index contributed by atoms with van der Waals surface area (Å²) in [6, 6.07) is 15.0. The van der Waals surface area contributed by atoms with Crippen molar-refractivity contribution in [3.05, 3.63) is 66.5 Å². The third-order valence-corrected chi connectivity index (χ3v) is 6.43. The van der Waals surface area contributed by atoms with Gasteiger partial charge in [-0.05, 0) is 54.5 Å². The molecule has 0 radical (unpaired) electrons. The highest BCUT2D eigenvalue weighted by atomic mass is 16.5. The molecule has 3 aromatic rings. The van der Waals surface area contributed by atoms with Crippen LogP contribution in [0.25, 0.3) is 10.8 Å². The van der Waals surface area contributed by atoms with E-state index in [-0.39, 0.29) is 11.9 Å². The molecule has 0 spiro atoms. The number of benzene rings is 2. The van der Waals surface area contributed by atoms with E-state index in [0.717, 1.165) is 48.0 Å². The predicted octanol–water partition coefficient (Wildman–Crippen LogP) is 3.76. The minimum atomic E-state index is -0.522. The average molecular weight is 390 g/mol. The maximum absolute atomic E-state index is 10.5. The minimum absolute atomic E-state index is 0.227. The second-order valence-electron chi connectivity index (χ2n) is 8.41. The molecule has 29 heavy (non-hydrogen) atoms. The van der Waals surface area contributed by atoms with Crippen LogP contribution < -0.4 is 4.74 Å². The molecule has 1 saturated carbocycles. The molecule has 0 bridgehead atoms. The quantitative estimate of drug-likeness (QED) is 0.694. The number of β-amino-alcohol motifs (C(OH)–C–C–N with tert-alkyl or cyclic N) is 1. The number of nitrogens with zero attached hydrogens (tertiary/aromatic N) is 2. The maximum Gasteiger partial charge on any atom is 0.127 e. The number of pyridine rings is 1. The SMILES string of the molecule is Oc1ccc(C(O)CN2C[C@H]3C[C@H](Oc4cccc5cnccc45)C[C@H]3C2)cc1. The largest absolute Gasteiger partial charge is 0.508 e. The molecule has 1 aliphatic carbocycles. The smallest absolute Gasteiger partial charge is 0.127 e. The average Bonchev–Trinajstić information content (AvgIpc) is 3.26. The van der Waals surface area contributed by atoms with E-state index in [0.29, 0.717) is 18.4 Å². The van der Waals surface area contributed by atoms with E-state index in [9.17, 15) is 10.2 Å². The van der Waals surface area contributed by atoms with Crippen molar-refractivity contribution < 1.29 is 14.9 Å². The number of aromatic hydroxyl groups is 1. The summed E-state index contributed by atoms with van der Waals surface area (Å²) in [7, 11) is 0. The number of phenolic OH excluding ortho intramolecular Hbond substituents is 1. The van der Waals surface area contributed by atoms with Crippen LogP contribution in [0.2, 0.25) is 0 Å². The maximum atomic E-state index is 10.5. The molecule has 0 amide bonds. The lowest BCUT2D eigenvalue weighted by atomic mass is 10.0. The Morgan fingerprint density at radius 3 is 2.55 bits per heavy atom. The van der Waals surface area contributed by atoms with Crippen molar-refractivity contribution in [1.82, 2.24) is 9.88 Å². The van der Waals surface area contributed by atoms with E-state index in [1.807, 2.05) is 24.5 Å². The van der Waals surface area contributed by atoms with Crippen molar-refractivity contribution >= 4 is 10.8 Å². The summed E-state index contributed by atoms with van der Waals surface area (Å²) in [6.45, 7) is 2.66. The Bertz CT molecular complexity index is 972. The molecule has 5 heteroatoms. The number of phenols is 1. The molecule has 1 aliphatic heterocycles. The lowest BCUT2D eigenvalue weighted by Crippen LogP contribution is -2.28. The molecule has 4 atom stereocenters. The first-order valence-corrected chi connectivity index (χ1v) is 10.3. The third kappa shape index (κ3) is 3.80. The fraction of sp³-hybridized carbons (Fsp3) is 0.375. The van der Waals surface area contributed by atoms with Crippen molar-refractivity contribution in [3.8, 4) is 11.5 Å². The van der Waals surface area contributed by atoms with Crippen LogP contribution in [0, 0.1) is 11.8 Å². The highest BCUT2D eigenvalue weighted by molar-refractivity contribution is 5.87. The van der Waals surface area contributed by atoms with Gasteiger partial charge in [-0.3, -0.25) is 9.88 Å². The van der Waals surface area contributed by atoms with Crippen LogP contribution in [0.4, 0.5) is 0 Å². The van der Waals surface area contributed by atoms with Crippen LogP contribution in [0.1, 0.15) is 24.5 Å². The first-order valence-electron chi connectivity index (χ1n) is 10.3. The third-order valence-electron chi connectivity index (χ3n) is 6.43. The zero-order valence-corrected chi connectivity index (χ0v) is 16.3. The molecule has 2 aromatic carbocycles. The van der Waals surface area contributed by atoms with Crippen molar-refractivity contribution in [2.45, 2.75) is 25.0 Å². The van der Waals surface area contributed by atoms with E-state index in [1.165, 1.54) is 0 Å². The first kappa shape index (κ1) is 18.4. The van der Waals surface area contributed by atoms with Crippen molar-refractivity contribution in [2.24, 2.45) is 11.8 Å². The molecule has 2 aliphatic rings. The Kier molecular flexibility index (Phi) is 4.86. The number of hydrogen-bond donors (Lipinski definition) is 2. The van der Waals surface area contributed by atoms with Gasteiger partial charge in [0.15, 0.2) is 0 Å². The van der Waals surface area contributed by atoms with Crippen LogP contribution in [-0.4, -0.2) is 45.8 Å². The Morgan fingerprint density at radius 1 is 1.03 bits per heavy atom. The van der Waals surface area contributed by atoms with Gasteiger partial charge < -0.3 is 14.9 Å². The number of rotatable bonds is 5. The lowest BCUT2D eigenvalue weighted by molar-refractivity contribution is 0.116. The van der Waals surface area contributed by atoms with Gasteiger partial charge in [-0.1, -0.05) is 24.3 Å². The Hall–Kier alpha value is -2.63. The van der Waals surface area contributed by atoms with Gasteiger partial charge in [-0.2, -0.15) is 0 Å². The Labute approximate surface area is 170 Å². The molecule has 5 rings (SSSR count). The van der Waals surface area contributed by atoms with Gasteiger partial charge in [-0.15, -0.1) is 0 Å². The van der Waals surface area contributed by atoms with E-state index in [4.69, 9.17) is 4.74 Å². The monoisotopic (exact) mass is 390 g/mol. The number of hydrogen-bond acceptors (Lipinski definition) is 5. The van der Waals surface area contributed by atoms with Crippen molar-refractivity contribution in [2.75, 3.05) is 19.6 Å². The Morgan fingerprint density at radius 2 is 1.79 bits per heavy atom. The molecule has 2 fully saturated rings. The van der Waals surface area contributed by atoms with Crippen molar-refractivity contribution in [3.63, 3.8) is 0 Å². The van der Waals surface area contributed by atoms with Crippen LogP contribution in [0.15, 0.2) is 60.9 Å². The van der Waals surface area contributed by atoms with Gasteiger partial charge in [-0.25, -0.2) is 0 Å². The van der Waals surface area contributed by atoms with Gasteiger partial charge >= 0.3 is 0 Å². The van der Waals surface area contributed by atoms with Gasteiger partial charge in [0, 0.05) is 42.8 Å². The van der Waals surface area contributed by atoms with Crippen LogP contribution in [0.3, 0.4) is 0 Å². The summed E-state index contributed by atoms with van der Waals surface area (Å²) >= 11 is 0. The summed E-state index contributed by atoms with van der Waals surface area (Å²) in [5.41, 5.74) is 0.853. The van der Waals surface area contributed by atoms with E-state index in [2.05, 4.69) is 22.0 Å². The summed E-state index contributed by atoms with van der Waals surface area (Å²) in [4.78, 5) is 6.56. The normalized spacial score (nSPS) is 25.2. The number of ether oxygens (including phenoxy) is 1. The molecular weight excluding hydrogens is 364 g/mol. The van der Waals surface area contributed by atoms with Crippen LogP contribution in [-0.2, 0) is 0 Å². The predicted molar refractivity (Wildman–Crippen MR) is 112 cm³/mol. The fourth-order valence-electron chi connectivity index (χ4n) is 5.01. The second-order valence-corrected chi connectivity index (χ2v) is 8.41. The number of aliphatic hydroxyl groups is 1. The molecule has 2 heterocycles. The molecule has 150 valence electrons. The van der Waals surface area contributed by atoms with E-state index < -0.39 is 6.10 Å². The van der Waals surface area contributed by atoms with Gasteiger partial charge in [0.05, 0.1) is 12.2 Å². The van der Waals surface area contributed by atoms with Gasteiger partial charge in [0.1, 0.15) is 11.5 Å². The fourth-order valence-corrected chi connectivity index (χ4v) is 5.01. The minimum Gasteiger partial charge on any atom is -0.508 e. The van der Waals surface area contributed by atoms with Crippen LogP contribution in [0.5, 0.6) is 11.5 Å². The molecular formula is C24H26N2O3. The van der Waals surface area contributed by atoms with Gasteiger partial charge in [0.25, 0.3) is 0 Å². The number of aromatic nitrogens is 1. The first-order chi connectivity index (χ1) is 14.2. The highest BCUT2D eigenvalue weighted by Crippen LogP contribution is 2.41. The topological polar surface area (TPSA) is 65.8 Å².